The molecule has 1 saturated carbocycles. The highest BCUT2D eigenvalue weighted by Gasteiger charge is 2.30. The molecule has 0 saturated heterocycles. The summed E-state index contributed by atoms with van der Waals surface area (Å²) < 4.78 is 15.9. The molecular formula is C16H18FN3O. The number of hydrogen-bond donors (Lipinski definition) is 1. The minimum absolute atomic E-state index is 0.0162. The van der Waals surface area contributed by atoms with Crippen LogP contribution in [-0.4, -0.2) is 15.5 Å². The molecule has 1 amide bonds. The Bertz CT molecular complexity index is 648. The summed E-state index contributed by atoms with van der Waals surface area (Å²) in [5.41, 5.74) is 0.444. The van der Waals surface area contributed by atoms with E-state index < -0.39 is 6.04 Å². The highest BCUT2D eigenvalue weighted by Crippen LogP contribution is 2.29. The Balaban J connectivity index is 1.93. The van der Waals surface area contributed by atoms with Gasteiger partial charge in [0.2, 0.25) is 5.91 Å². The molecule has 110 valence electrons. The first-order chi connectivity index (χ1) is 10.2. The molecule has 1 N–H and O–H groups in total. The van der Waals surface area contributed by atoms with Gasteiger partial charge >= 0.3 is 0 Å². The second-order valence-corrected chi connectivity index (χ2v) is 5.49. The predicted molar refractivity (Wildman–Crippen MR) is 76.9 cm³/mol. The van der Waals surface area contributed by atoms with E-state index in [1.54, 1.807) is 35.2 Å². The van der Waals surface area contributed by atoms with Crippen molar-refractivity contribution in [2.24, 2.45) is 13.0 Å². The number of aryl methyl sites for hydroxylation is 1. The Labute approximate surface area is 123 Å². The fraction of sp³-hybridized carbons (Fsp3) is 0.375. The minimum Gasteiger partial charge on any atom is -0.342 e. The largest absolute Gasteiger partial charge is 0.342 e. The van der Waals surface area contributed by atoms with E-state index >= 15 is 0 Å². The average molecular weight is 287 g/mol. The highest BCUT2D eigenvalue weighted by atomic mass is 19.1. The standard InChI is InChI=1S/C16H18FN3O/c1-20-10-9-18-15(20)14(12-7-2-3-8-13(12)17)19-16(21)11-5-4-6-11/h2-3,7-11,14H,4-6H2,1H3,(H,19,21)/t14-/m1/s1. The van der Waals surface area contributed by atoms with Gasteiger partial charge in [-0.2, -0.15) is 0 Å². The van der Waals surface area contributed by atoms with Crippen LogP contribution >= 0.6 is 0 Å². The van der Waals surface area contributed by atoms with Crippen LogP contribution in [0.2, 0.25) is 0 Å². The molecule has 3 rings (SSSR count). The Hall–Kier alpha value is -2.17. The molecule has 1 atom stereocenters. The molecule has 5 heteroatoms. The summed E-state index contributed by atoms with van der Waals surface area (Å²) in [6.07, 6.45) is 6.36. The molecule has 4 nitrogen and oxygen atoms in total. The van der Waals surface area contributed by atoms with Crippen LogP contribution in [0.25, 0.3) is 0 Å². The SMILES string of the molecule is Cn1ccnc1[C@H](NC(=O)C1CCC1)c1ccccc1F. The predicted octanol–water partition coefficient (Wildman–Crippen LogP) is 2.56. The summed E-state index contributed by atoms with van der Waals surface area (Å²) in [6, 6.07) is 5.95. The number of aromatic nitrogens is 2. The zero-order chi connectivity index (χ0) is 14.8. The van der Waals surface area contributed by atoms with E-state index in [-0.39, 0.29) is 17.6 Å². The van der Waals surface area contributed by atoms with Gasteiger partial charge in [-0.15, -0.1) is 0 Å². The number of rotatable bonds is 4. The zero-order valence-corrected chi connectivity index (χ0v) is 11.9. The van der Waals surface area contributed by atoms with Crippen LogP contribution in [-0.2, 0) is 11.8 Å². The maximum absolute atomic E-state index is 14.1. The first-order valence-electron chi connectivity index (χ1n) is 7.19. The summed E-state index contributed by atoms with van der Waals surface area (Å²) in [6.45, 7) is 0. The van der Waals surface area contributed by atoms with Crippen molar-refractivity contribution in [3.63, 3.8) is 0 Å². The van der Waals surface area contributed by atoms with Gasteiger partial charge in [0.05, 0.1) is 0 Å². The third-order valence-electron chi connectivity index (χ3n) is 4.10. The first-order valence-corrected chi connectivity index (χ1v) is 7.19. The third-order valence-corrected chi connectivity index (χ3v) is 4.10. The van der Waals surface area contributed by atoms with Gasteiger partial charge in [-0.1, -0.05) is 24.6 Å². The molecule has 1 fully saturated rings. The molecule has 2 aromatic rings. The van der Waals surface area contributed by atoms with E-state index in [0.717, 1.165) is 19.3 Å². The number of hydrogen-bond acceptors (Lipinski definition) is 2. The van der Waals surface area contributed by atoms with Crippen LogP contribution in [0.3, 0.4) is 0 Å². The van der Waals surface area contributed by atoms with Crippen molar-refractivity contribution >= 4 is 5.91 Å². The van der Waals surface area contributed by atoms with Crippen LogP contribution in [0.4, 0.5) is 4.39 Å². The van der Waals surface area contributed by atoms with Gasteiger partial charge in [0.25, 0.3) is 0 Å². The molecule has 0 radical (unpaired) electrons. The van der Waals surface area contributed by atoms with Crippen LogP contribution < -0.4 is 5.32 Å². The van der Waals surface area contributed by atoms with Crippen molar-refractivity contribution in [2.45, 2.75) is 25.3 Å². The summed E-state index contributed by atoms with van der Waals surface area (Å²) in [5, 5.41) is 2.96. The summed E-state index contributed by atoms with van der Waals surface area (Å²) >= 11 is 0. The number of nitrogens with zero attached hydrogens (tertiary/aromatic N) is 2. The van der Waals surface area contributed by atoms with E-state index in [9.17, 15) is 9.18 Å². The summed E-state index contributed by atoms with van der Waals surface area (Å²) in [7, 11) is 1.84. The summed E-state index contributed by atoms with van der Waals surface area (Å²) in [5.74, 6) is 0.337. The Kier molecular flexibility index (Phi) is 3.73. The van der Waals surface area contributed by atoms with Crippen molar-refractivity contribution in [2.75, 3.05) is 0 Å². The van der Waals surface area contributed by atoms with Crippen LogP contribution in [0.5, 0.6) is 0 Å². The fourth-order valence-electron chi connectivity index (χ4n) is 2.58. The number of imidazole rings is 1. The maximum atomic E-state index is 14.1. The van der Waals surface area contributed by atoms with Gasteiger partial charge in [0, 0.05) is 30.9 Å². The highest BCUT2D eigenvalue weighted by molar-refractivity contribution is 5.80. The molecule has 0 unspecified atom stereocenters. The van der Waals surface area contributed by atoms with E-state index in [4.69, 9.17) is 0 Å². The van der Waals surface area contributed by atoms with Gasteiger partial charge in [-0.3, -0.25) is 4.79 Å². The van der Waals surface area contributed by atoms with Gasteiger partial charge in [-0.25, -0.2) is 9.37 Å². The molecule has 1 aromatic carbocycles. The summed E-state index contributed by atoms with van der Waals surface area (Å²) in [4.78, 5) is 16.5. The number of halogens is 1. The number of nitrogens with one attached hydrogen (secondary N) is 1. The fourth-order valence-corrected chi connectivity index (χ4v) is 2.58. The van der Waals surface area contributed by atoms with Gasteiger partial charge in [-0.05, 0) is 18.9 Å². The minimum atomic E-state index is -0.556. The number of carbonyl (C=O) groups excluding carboxylic acids is 1. The van der Waals surface area contributed by atoms with Crippen LogP contribution in [0.15, 0.2) is 36.7 Å². The van der Waals surface area contributed by atoms with Gasteiger partial charge in [0.1, 0.15) is 17.7 Å². The van der Waals surface area contributed by atoms with E-state index in [1.807, 2.05) is 7.05 Å². The van der Waals surface area contributed by atoms with Gasteiger partial charge in [0.15, 0.2) is 0 Å². The van der Waals surface area contributed by atoms with E-state index in [2.05, 4.69) is 10.3 Å². The molecule has 1 aliphatic carbocycles. The molecule has 0 spiro atoms. The van der Waals surface area contributed by atoms with Crippen molar-refractivity contribution in [3.05, 3.63) is 53.9 Å². The smallest absolute Gasteiger partial charge is 0.223 e. The lowest BCUT2D eigenvalue weighted by atomic mass is 9.84. The normalized spacial score (nSPS) is 16.3. The van der Waals surface area contributed by atoms with Gasteiger partial charge < -0.3 is 9.88 Å². The molecule has 1 aromatic heterocycles. The molecule has 1 heterocycles. The second-order valence-electron chi connectivity index (χ2n) is 5.49. The van der Waals surface area contributed by atoms with Crippen molar-refractivity contribution in [1.82, 2.24) is 14.9 Å². The lowest BCUT2D eigenvalue weighted by molar-refractivity contribution is -0.128. The number of carbonyl (C=O) groups is 1. The van der Waals surface area contributed by atoms with Crippen molar-refractivity contribution in [1.29, 1.82) is 0 Å². The zero-order valence-electron chi connectivity index (χ0n) is 11.9. The molecule has 1 aliphatic rings. The Morgan fingerprint density at radius 2 is 2.19 bits per heavy atom. The average Bonchev–Trinajstić information content (AvgIpc) is 2.81. The van der Waals surface area contributed by atoms with E-state index in [1.165, 1.54) is 6.07 Å². The maximum Gasteiger partial charge on any atom is 0.223 e. The van der Waals surface area contributed by atoms with Crippen LogP contribution in [0.1, 0.15) is 36.7 Å². The van der Waals surface area contributed by atoms with Crippen molar-refractivity contribution < 1.29 is 9.18 Å². The molecule has 0 bridgehead atoms. The third kappa shape index (κ3) is 2.68. The first kappa shape index (κ1) is 13.8. The molecule has 21 heavy (non-hydrogen) atoms. The van der Waals surface area contributed by atoms with E-state index in [0.29, 0.717) is 11.4 Å². The van der Waals surface area contributed by atoms with Crippen LogP contribution in [0, 0.1) is 11.7 Å². The topological polar surface area (TPSA) is 46.9 Å². The molecular weight excluding hydrogens is 269 g/mol. The second kappa shape index (κ2) is 5.68. The Morgan fingerprint density at radius 1 is 1.43 bits per heavy atom. The quantitative estimate of drug-likeness (QED) is 0.939. The van der Waals surface area contributed by atoms with Crippen molar-refractivity contribution in [3.8, 4) is 0 Å². The molecule has 0 aliphatic heterocycles. The lowest BCUT2D eigenvalue weighted by Crippen LogP contribution is -2.38. The number of benzene rings is 1. The Morgan fingerprint density at radius 3 is 2.76 bits per heavy atom. The number of amides is 1. The monoisotopic (exact) mass is 287 g/mol. The lowest BCUT2D eigenvalue weighted by Gasteiger charge is -2.27.